The minimum atomic E-state index is -0.288. The van der Waals surface area contributed by atoms with Gasteiger partial charge in [-0.1, -0.05) is 19.1 Å². The summed E-state index contributed by atoms with van der Waals surface area (Å²) in [4.78, 5) is 12.1. The molecule has 2 rings (SSSR count). The largest absolute Gasteiger partial charge is 0.494 e. The van der Waals surface area contributed by atoms with Gasteiger partial charge in [0.1, 0.15) is 5.75 Å². The normalized spacial score (nSPS) is 10.6. The standard InChI is InChI=1S/C16H20N2O3/c1-3-8-18-16(20)13(11-19)10-15(17-18)12-6-5-7-14(9-12)21-4-2/h5-7,9-10,19H,3-4,8,11H2,1-2H3. The Kier molecular flexibility index (Phi) is 5.11. The second-order valence-electron chi connectivity index (χ2n) is 4.70. The van der Waals surface area contributed by atoms with Crippen LogP contribution in [0.25, 0.3) is 11.3 Å². The van der Waals surface area contributed by atoms with Crippen molar-refractivity contribution in [2.45, 2.75) is 33.4 Å². The second kappa shape index (κ2) is 7.04. The Hall–Kier alpha value is -2.14. The quantitative estimate of drug-likeness (QED) is 0.885. The number of aryl methyl sites for hydroxylation is 1. The average Bonchev–Trinajstić information content (AvgIpc) is 2.50. The van der Waals surface area contributed by atoms with E-state index in [1.807, 2.05) is 38.1 Å². The molecule has 2 aromatic rings. The molecule has 21 heavy (non-hydrogen) atoms. The van der Waals surface area contributed by atoms with Gasteiger partial charge in [-0.05, 0) is 31.5 Å². The van der Waals surface area contributed by atoms with Crippen molar-refractivity contribution < 1.29 is 9.84 Å². The second-order valence-corrected chi connectivity index (χ2v) is 4.70. The Labute approximate surface area is 123 Å². The highest BCUT2D eigenvalue weighted by Crippen LogP contribution is 2.22. The highest BCUT2D eigenvalue weighted by atomic mass is 16.5. The predicted octanol–water partition coefficient (Wildman–Crippen LogP) is 2.21. The molecular weight excluding hydrogens is 268 g/mol. The van der Waals surface area contributed by atoms with E-state index in [9.17, 15) is 9.90 Å². The van der Waals surface area contributed by atoms with E-state index in [4.69, 9.17) is 4.74 Å². The highest BCUT2D eigenvalue weighted by Gasteiger charge is 2.09. The van der Waals surface area contributed by atoms with Gasteiger partial charge < -0.3 is 9.84 Å². The summed E-state index contributed by atoms with van der Waals surface area (Å²) in [5.41, 5.74) is 1.65. The number of aliphatic hydroxyl groups excluding tert-OH is 1. The molecular formula is C16H20N2O3. The zero-order valence-electron chi connectivity index (χ0n) is 12.4. The molecule has 1 heterocycles. The first-order chi connectivity index (χ1) is 10.2. The van der Waals surface area contributed by atoms with Crippen LogP contribution in [-0.4, -0.2) is 21.5 Å². The van der Waals surface area contributed by atoms with Gasteiger partial charge in [0.2, 0.25) is 0 Å². The maximum Gasteiger partial charge on any atom is 0.272 e. The van der Waals surface area contributed by atoms with Gasteiger partial charge >= 0.3 is 0 Å². The lowest BCUT2D eigenvalue weighted by Gasteiger charge is -2.10. The molecule has 0 fully saturated rings. The molecule has 0 aliphatic heterocycles. The number of nitrogens with zero attached hydrogens (tertiary/aromatic N) is 2. The van der Waals surface area contributed by atoms with Crippen LogP contribution in [0.5, 0.6) is 5.75 Å². The van der Waals surface area contributed by atoms with Crippen molar-refractivity contribution in [3.63, 3.8) is 0 Å². The van der Waals surface area contributed by atoms with Crippen molar-refractivity contribution in [3.8, 4) is 17.0 Å². The van der Waals surface area contributed by atoms with Crippen LogP contribution in [0, 0.1) is 0 Å². The lowest BCUT2D eigenvalue weighted by atomic mass is 10.1. The van der Waals surface area contributed by atoms with Gasteiger partial charge in [0.25, 0.3) is 5.56 Å². The average molecular weight is 288 g/mol. The number of ether oxygens (including phenoxy) is 1. The monoisotopic (exact) mass is 288 g/mol. The molecule has 0 amide bonds. The molecule has 0 atom stereocenters. The molecule has 0 radical (unpaired) electrons. The van der Waals surface area contributed by atoms with Crippen LogP contribution in [0.1, 0.15) is 25.8 Å². The Bertz CT molecular complexity index is 665. The van der Waals surface area contributed by atoms with Crippen LogP contribution in [0.15, 0.2) is 35.1 Å². The number of rotatable bonds is 6. The van der Waals surface area contributed by atoms with E-state index in [1.165, 1.54) is 4.68 Å². The van der Waals surface area contributed by atoms with Crippen molar-refractivity contribution in [2.75, 3.05) is 6.61 Å². The van der Waals surface area contributed by atoms with Gasteiger partial charge in [-0.15, -0.1) is 0 Å². The zero-order chi connectivity index (χ0) is 15.2. The Balaban J connectivity index is 2.50. The molecule has 5 heteroatoms. The van der Waals surface area contributed by atoms with Gasteiger partial charge in [0, 0.05) is 17.7 Å². The van der Waals surface area contributed by atoms with Crippen molar-refractivity contribution in [2.24, 2.45) is 0 Å². The molecule has 0 bridgehead atoms. The van der Waals surface area contributed by atoms with Crippen molar-refractivity contribution >= 4 is 0 Å². The minimum absolute atomic E-state index is 0.232. The first-order valence-electron chi connectivity index (χ1n) is 7.14. The van der Waals surface area contributed by atoms with Crippen molar-refractivity contribution in [1.82, 2.24) is 9.78 Å². The third-order valence-corrected chi connectivity index (χ3v) is 3.10. The molecule has 0 saturated heterocycles. The third-order valence-electron chi connectivity index (χ3n) is 3.10. The minimum Gasteiger partial charge on any atom is -0.494 e. The summed E-state index contributed by atoms with van der Waals surface area (Å²) in [7, 11) is 0. The van der Waals surface area contributed by atoms with Crippen molar-refractivity contribution in [1.29, 1.82) is 0 Å². The molecule has 5 nitrogen and oxygen atoms in total. The Morgan fingerprint density at radius 1 is 1.29 bits per heavy atom. The molecule has 0 spiro atoms. The highest BCUT2D eigenvalue weighted by molar-refractivity contribution is 5.61. The molecule has 112 valence electrons. The predicted molar refractivity (Wildman–Crippen MR) is 81.3 cm³/mol. The van der Waals surface area contributed by atoms with Crippen LogP contribution in [0.2, 0.25) is 0 Å². The fourth-order valence-corrected chi connectivity index (χ4v) is 2.13. The SMILES string of the molecule is CCCn1nc(-c2cccc(OCC)c2)cc(CO)c1=O. The maximum atomic E-state index is 12.1. The van der Waals surface area contributed by atoms with E-state index in [0.29, 0.717) is 24.4 Å². The van der Waals surface area contributed by atoms with Crippen LogP contribution < -0.4 is 10.3 Å². The fraction of sp³-hybridized carbons (Fsp3) is 0.375. The number of aliphatic hydroxyl groups is 1. The molecule has 1 aromatic carbocycles. The van der Waals surface area contributed by atoms with Gasteiger partial charge in [0.05, 0.1) is 18.9 Å². The molecule has 0 unspecified atom stereocenters. The van der Waals surface area contributed by atoms with E-state index < -0.39 is 0 Å². The lowest BCUT2D eigenvalue weighted by Crippen LogP contribution is -2.26. The van der Waals surface area contributed by atoms with E-state index >= 15 is 0 Å². The summed E-state index contributed by atoms with van der Waals surface area (Å²) >= 11 is 0. The van der Waals surface area contributed by atoms with Crippen LogP contribution in [0.3, 0.4) is 0 Å². The molecule has 1 aromatic heterocycles. The molecule has 0 aliphatic carbocycles. The number of benzene rings is 1. The number of hydrogen-bond acceptors (Lipinski definition) is 4. The molecule has 1 N–H and O–H groups in total. The summed E-state index contributed by atoms with van der Waals surface area (Å²) in [5.74, 6) is 0.760. The van der Waals surface area contributed by atoms with Gasteiger partial charge in [-0.25, -0.2) is 4.68 Å². The smallest absolute Gasteiger partial charge is 0.272 e. The summed E-state index contributed by atoms with van der Waals surface area (Å²) in [6.07, 6.45) is 0.806. The van der Waals surface area contributed by atoms with E-state index in [-0.39, 0.29) is 12.2 Å². The van der Waals surface area contributed by atoms with Crippen LogP contribution in [-0.2, 0) is 13.2 Å². The summed E-state index contributed by atoms with van der Waals surface area (Å²) in [6, 6.07) is 9.19. The first kappa shape index (κ1) is 15.3. The molecule has 0 aliphatic rings. The zero-order valence-corrected chi connectivity index (χ0v) is 12.4. The summed E-state index contributed by atoms with van der Waals surface area (Å²) in [5, 5.41) is 13.7. The topological polar surface area (TPSA) is 64.3 Å². The molecule has 0 saturated carbocycles. The van der Waals surface area contributed by atoms with Crippen LogP contribution >= 0.6 is 0 Å². The summed E-state index contributed by atoms with van der Waals surface area (Å²) in [6.45, 7) is 4.74. The van der Waals surface area contributed by atoms with E-state index in [1.54, 1.807) is 6.07 Å². The lowest BCUT2D eigenvalue weighted by molar-refractivity contribution is 0.278. The van der Waals surface area contributed by atoms with Gasteiger partial charge in [-0.3, -0.25) is 4.79 Å². The van der Waals surface area contributed by atoms with Crippen LogP contribution in [0.4, 0.5) is 0 Å². The van der Waals surface area contributed by atoms with Gasteiger partial charge in [0.15, 0.2) is 0 Å². The first-order valence-corrected chi connectivity index (χ1v) is 7.14. The van der Waals surface area contributed by atoms with E-state index in [0.717, 1.165) is 17.7 Å². The van der Waals surface area contributed by atoms with Crippen molar-refractivity contribution in [3.05, 3.63) is 46.2 Å². The Morgan fingerprint density at radius 3 is 2.76 bits per heavy atom. The maximum absolute atomic E-state index is 12.1. The Morgan fingerprint density at radius 2 is 2.10 bits per heavy atom. The van der Waals surface area contributed by atoms with E-state index in [2.05, 4.69) is 5.10 Å². The third kappa shape index (κ3) is 3.49. The summed E-state index contributed by atoms with van der Waals surface area (Å²) < 4.78 is 6.89. The number of aromatic nitrogens is 2. The number of hydrogen-bond donors (Lipinski definition) is 1. The van der Waals surface area contributed by atoms with Gasteiger partial charge in [-0.2, -0.15) is 5.10 Å². The fourth-order valence-electron chi connectivity index (χ4n) is 2.13.